The summed E-state index contributed by atoms with van der Waals surface area (Å²) in [7, 11) is 0. The molecule has 10 heteroatoms. The molecular weight excluding hydrogens is 401 g/mol. The van der Waals surface area contributed by atoms with Crippen LogP contribution in [0.2, 0.25) is 0 Å². The van der Waals surface area contributed by atoms with Gasteiger partial charge in [0.2, 0.25) is 0 Å². The van der Waals surface area contributed by atoms with Gasteiger partial charge in [-0.05, 0) is 43.2 Å². The Balaban J connectivity index is 1.58. The van der Waals surface area contributed by atoms with Gasteiger partial charge in [-0.1, -0.05) is 6.42 Å². The first-order chi connectivity index (χ1) is 14.4. The number of alkyl halides is 2. The molecule has 0 saturated heterocycles. The molecule has 1 fully saturated rings. The second kappa shape index (κ2) is 7.85. The lowest BCUT2D eigenvalue weighted by Crippen LogP contribution is -2.41. The summed E-state index contributed by atoms with van der Waals surface area (Å²) in [6, 6.07) is 6.74. The lowest BCUT2D eigenvalue weighted by atomic mass is 9.80. The summed E-state index contributed by atoms with van der Waals surface area (Å²) in [5.41, 5.74) is 5.65. The van der Waals surface area contributed by atoms with Crippen molar-refractivity contribution < 1.29 is 27.4 Å². The molecule has 0 radical (unpaired) electrons. The van der Waals surface area contributed by atoms with Crippen molar-refractivity contribution in [2.45, 2.75) is 31.4 Å². The highest BCUT2D eigenvalue weighted by atomic mass is 19.3. The van der Waals surface area contributed by atoms with E-state index in [0.29, 0.717) is 24.3 Å². The van der Waals surface area contributed by atoms with Crippen LogP contribution in [0.4, 0.5) is 18.9 Å². The summed E-state index contributed by atoms with van der Waals surface area (Å²) in [6.07, 6.45) is 3.35. The number of carbonyl (C=O) groups excluding carboxylic acids is 1. The van der Waals surface area contributed by atoms with Gasteiger partial charge in [0.1, 0.15) is 22.8 Å². The number of aliphatic imine (C=N–C) groups is 1. The van der Waals surface area contributed by atoms with E-state index in [9.17, 15) is 18.0 Å². The summed E-state index contributed by atoms with van der Waals surface area (Å²) in [5.74, 6) is -1.18. The van der Waals surface area contributed by atoms with Gasteiger partial charge in [0, 0.05) is 17.2 Å². The van der Waals surface area contributed by atoms with Gasteiger partial charge in [-0.15, -0.1) is 0 Å². The highest BCUT2D eigenvalue weighted by Crippen LogP contribution is 2.49. The number of nitrogens with one attached hydrogen (secondary N) is 1. The van der Waals surface area contributed by atoms with E-state index in [-0.39, 0.29) is 23.4 Å². The van der Waals surface area contributed by atoms with E-state index < -0.39 is 23.9 Å². The van der Waals surface area contributed by atoms with Crippen molar-refractivity contribution in [3.63, 3.8) is 0 Å². The number of nitrogens with two attached hydrogens (primary N) is 1. The van der Waals surface area contributed by atoms with Crippen molar-refractivity contribution in [2.24, 2.45) is 16.6 Å². The number of hydrogen-bond acceptors (Lipinski definition) is 6. The molecule has 1 aliphatic heterocycles. The minimum Gasteiger partial charge on any atom is -0.465 e. The van der Waals surface area contributed by atoms with Crippen LogP contribution in [0, 0.1) is 11.7 Å². The number of ether oxygens (including phenoxy) is 2. The molecule has 7 nitrogen and oxygen atoms in total. The maximum Gasteiger partial charge on any atom is 0.387 e. The molecule has 2 unspecified atom stereocenters. The summed E-state index contributed by atoms with van der Waals surface area (Å²) in [4.78, 5) is 20.7. The maximum atomic E-state index is 14.8. The number of aromatic nitrogens is 1. The molecule has 1 aromatic carbocycles. The molecule has 30 heavy (non-hydrogen) atoms. The average Bonchev–Trinajstić information content (AvgIpc) is 3.13. The molecule has 2 heterocycles. The standard InChI is InChI=1S/C20H19F3N4O3/c21-15-5-3-12(26-17(28)16-6-4-13(9-25-16)30-18(22)23)8-14(15)20-7-1-2-11(20)10-29-19(24)27-20/h3-6,8-9,11,18H,1-2,7,10H2,(H2,24,27)(H,26,28). The second-order valence-electron chi connectivity index (χ2n) is 7.18. The fourth-order valence-electron chi connectivity index (χ4n) is 4.08. The highest BCUT2D eigenvalue weighted by molar-refractivity contribution is 6.02. The van der Waals surface area contributed by atoms with E-state index in [1.807, 2.05) is 0 Å². The van der Waals surface area contributed by atoms with Crippen molar-refractivity contribution in [1.82, 2.24) is 4.98 Å². The van der Waals surface area contributed by atoms with Crippen molar-refractivity contribution in [2.75, 3.05) is 11.9 Å². The molecule has 2 aromatic rings. The third-order valence-electron chi connectivity index (χ3n) is 5.41. The van der Waals surface area contributed by atoms with Crippen molar-refractivity contribution in [1.29, 1.82) is 0 Å². The zero-order valence-electron chi connectivity index (χ0n) is 15.8. The second-order valence-corrected chi connectivity index (χ2v) is 7.18. The number of nitrogens with zero attached hydrogens (tertiary/aromatic N) is 2. The van der Waals surface area contributed by atoms with Gasteiger partial charge in [-0.25, -0.2) is 14.4 Å². The molecule has 2 atom stereocenters. The highest BCUT2D eigenvalue weighted by Gasteiger charge is 2.48. The molecule has 158 valence electrons. The van der Waals surface area contributed by atoms with Crippen LogP contribution in [0.25, 0.3) is 0 Å². The molecule has 1 aliphatic carbocycles. The number of amides is 1. The lowest BCUT2D eigenvalue weighted by molar-refractivity contribution is -0.0500. The summed E-state index contributed by atoms with van der Waals surface area (Å²) < 4.78 is 48.8. The zero-order chi connectivity index (χ0) is 21.3. The number of carbonyl (C=O) groups is 1. The molecule has 4 rings (SSSR count). The van der Waals surface area contributed by atoms with Crippen LogP contribution in [0.3, 0.4) is 0 Å². The van der Waals surface area contributed by atoms with Gasteiger partial charge in [0.25, 0.3) is 11.9 Å². The zero-order valence-corrected chi connectivity index (χ0v) is 15.8. The van der Waals surface area contributed by atoms with E-state index in [1.165, 1.54) is 24.3 Å². The van der Waals surface area contributed by atoms with Gasteiger partial charge in [-0.2, -0.15) is 8.78 Å². The first-order valence-corrected chi connectivity index (χ1v) is 9.38. The minimum absolute atomic E-state index is 0.00528. The van der Waals surface area contributed by atoms with Crippen LogP contribution >= 0.6 is 0 Å². The molecule has 3 N–H and O–H groups in total. The number of fused-ring (bicyclic) bond motifs is 1. The molecular formula is C20H19F3N4O3. The monoisotopic (exact) mass is 420 g/mol. The van der Waals surface area contributed by atoms with E-state index in [4.69, 9.17) is 10.5 Å². The lowest BCUT2D eigenvalue weighted by Gasteiger charge is -2.36. The molecule has 0 bridgehead atoms. The molecule has 1 saturated carbocycles. The average molecular weight is 420 g/mol. The number of halogens is 3. The fraction of sp³-hybridized carbons (Fsp3) is 0.350. The first-order valence-electron chi connectivity index (χ1n) is 9.38. The van der Waals surface area contributed by atoms with E-state index in [1.54, 1.807) is 6.07 Å². The number of rotatable bonds is 5. The number of pyridine rings is 1. The van der Waals surface area contributed by atoms with Crippen LogP contribution < -0.4 is 15.8 Å². The maximum absolute atomic E-state index is 14.8. The van der Waals surface area contributed by atoms with E-state index >= 15 is 0 Å². The minimum atomic E-state index is -2.98. The van der Waals surface area contributed by atoms with Crippen molar-refractivity contribution in [3.8, 4) is 5.75 Å². The van der Waals surface area contributed by atoms with Crippen LogP contribution in [0.1, 0.15) is 35.3 Å². The molecule has 2 aliphatic rings. The predicted octanol–water partition coefficient (Wildman–Crippen LogP) is 3.41. The Morgan fingerprint density at radius 3 is 2.90 bits per heavy atom. The van der Waals surface area contributed by atoms with Gasteiger partial charge in [0.15, 0.2) is 0 Å². The van der Waals surface area contributed by atoms with Crippen LogP contribution in [-0.4, -0.2) is 30.1 Å². The summed E-state index contributed by atoms with van der Waals surface area (Å²) in [6.45, 7) is -2.62. The first kappa shape index (κ1) is 20.0. The Morgan fingerprint density at radius 2 is 2.17 bits per heavy atom. The third kappa shape index (κ3) is 3.77. The number of amidine groups is 1. The van der Waals surface area contributed by atoms with Crippen molar-refractivity contribution >= 4 is 17.6 Å². The SMILES string of the molecule is NC1=NC2(c3cc(NC(=O)c4ccc(OC(F)F)cn4)ccc3F)CCCC2CO1. The van der Waals surface area contributed by atoms with Gasteiger partial charge >= 0.3 is 6.61 Å². The van der Waals surface area contributed by atoms with Crippen LogP contribution in [0.5, 0.6) is 5.75 Å². The largest absolute Gasteiger partial charge is 0.465 e. The summed E-state index contributed by atoms with van der Waals surface area (Å²) >= 11 is 0. The Morgan fingerprint density at radius 1 is 1.33 bits per heavy atom. The van der Waals surface area contributed by atoms with E-state index in [2.05, 4.69) is 20.0 Å². The van der Waals surface area contributed by atoms with Gasteiger partial charge in [-0.3, -0.25) is 4.79 Å². The number of anilines is 1. The van der Waals surface area contributed by atoms with Crippen LogP contribution in [-0.2, 0) is 10.3 Å². The Kier molecular flexibility index (Phi) is 5.23. The van der Waals surface area contributed by atoms with Gasteiger partial charge in [0.05, 0.1) is 12.8 Å². The number of hydrogen-bond donors (Lipinski definition) is 2. The van der Waals surface area contributed by atoms with Crippen molar-refractivity contribution in [3.05, 3.63) is 53.6 Å². The van der Waals surface area contributed by atoms with Crippen LogP contribution in [0.15, 0.2) is 41.5 Å². The smallest absolute Gasteiger partial charge is 0.387 e. The summed E-state index contributed by atoms with van der Waals surface area (Å²) in [5, 5.41) is 2.64. The topological polar surface area (TPSA) is 98.8 Å². The third-order valence-corrected chi connectivity index (χ3v) is 5.41. The van der Waals surface area contributed by atoms with E-state index in [0.717, 1.165) is 19.0 Å². The number of benzene rings is 1. The Hall–Kier alpha value is -3.30. The molecule has 1 aromatic heterocycles. The Labute approximate surface area is 170 Å². The normalized spacial score (nSPS) is 22.8. The fourth-order valence-corrected chi connectivity index (χ4v) is 4.08. The van der Waals surface area contributed by atoms with Gasteiger partial charge < -0.3 is 20.5 Å². The quantitative estimate of drug-likeness (QED) is 0.772. The molecule has 1 amide bonds. The Bertz CT molecular complexity index is 984. The molecule has 0 spiro atoms. The predicted molar refractivity (Wildman–Crippen MR) is 102 cm³/mol.